The van der Waals surface area contributed by atoms with E-state index in [1.54, 1.807) is 6.20 Å². The number of hydrogen-bond donors (Lipinski definition) is 3. The Bertz CT molecular complexity index is 350. The van der Waals surface area contributed by atoms with Crippen LogP contribution in [-0.4, -0.2) is 35.3 Å². The van der Waals surface area contributed by atoms with Crippen LogP contribution in [0.5, 0.6) is 0 Å². The van der Waals surface area contributed by atoms with Crippen LogP contribution in [0.25, 0.3) is 0 Å². The maximum Gasteiger partial charge on any atom is 0.320 e. The highest BCUT2D eigenvalue weighted by atomic mass is 16.4. The normalized spacial score (nSPS) is 15.5. The molecule has 1 aliphatic rings. The maximum atomic E-state index is 11.3. The van der Waals surface area contributed by atoms with Crippen LogP contribution in [0.3, 0.4) is 0 Å². The van der Waals surface area contributed by atoms with E-state index in [0.717, 1.165) is 18.6 Å². The maximum absolute atomic E-state index is 11.3. The molecular weight excluding hydrogens is 222 g/mol. The van der Waals surface area contributed by atoms with E-state index in [9.17, 15) is 9.59 Å². The van der Waals surface area contributed by atoms with E-state index >= 15 is 0 Å². The summed E-state index contributed by atoms with van der Waals surface area (Å²) < 4.78 is 0. The number of amides is 1. The molecule has 0 saturated heterocycles. The Hall–Kier alpha value is -1.69. The molecular formula is C11H17N3O3. The van der Waals surface area contributed by atoms with E-state index in [1.807, 2.05) is 6.08 Å². The molecule has 17 heavy (non-hydrogen) atoms. The molecule has 1 amide bonds. The predicted molar refractivity (Wildman–Crippen MR) is 63.7 cm³/mol. The minimum atomic E-state index is -1.08. The van der Waals surface area contributed by atoms with Crippen LogP contribution in [0.1, 0.15) is 25.7 Å². The van der Waals surface area contributed by atoms with E-state index < -0.39 is 12.0 Å². The summed E-state index contributed by atoms with van der Waals surface area (Å²) in [4.78, 5) is 25.9. The molecule has 6 heteroatoms. The summed E-state index contributed by atoms with van der Waals surface area (Å²) in [5.74, 6) is -1.25. The van der Waals surface area contributed by atoms with Crippen LogP contribution in [0.2, 0.25) is 0 Å². The van der Waals surface area contributed by atoms with E-state index in [4.69, 9.17) is 10.8 Å². The van der Waals surface area contributed by atoms with Gasteiger partial charge in [-0.05, 0) is 6.42 Å². The van der Waals surface area contributed by atoms with Gasteiger partial charge in [0, 0.05) is 37.7 Å². The molecule has 0 aromatic carbocycles. The first-order valence-corrected chi connectivity index (χ1v) is 5.55. The summed E-state index contributed by atoms with van der Waals surface area (Å²) >= 11 is 0. The van der Waals surface area contributed by atoms with Gasteiger partial charge in [0.1, 0.15) is 6.04 Å². The molecule has 0 fully saturated rings. The number of hydrogen-bond acceptors (Lipinski definition) is 4. The first kappa shape index (κ1) is 13.4. The van der Waals surface area contributed by atoms with Gasteiger partial charge < -0.3 is 16.2 Å². The van der Waals surface area contributed by atoms with Crippen molar-refractivity contribution in [2.75, 3.05) is 6.54 Å². The Morgan fingerprint density at radius 1 is 1.59 bits per heavy atom. The highest BCUT2D eigenvalue weighted by Gasteiger charge is 2.13. The molecule has 1 rings (SSSR count). The number of allylic oxidation sites excluding steroid dienone is 1. The Balaban J connectivity index is 2.07. The molecule has 0 aromatic rings. The van der Waals surface area contributed by atoms with Gasteiger partial charge in [0.05, 0.1) is 0 Å². The highest BCUT2D eigenvalue weighted by Crippen LogP contribution is 2.02. The minimum Gasteiger partial charge on any atom is -0.480 e. The first-order valence-electron chi connectivity index (χ1n) is 5.55. The van der Waals surface area contributed by atoms with Gasteiger partial charge in [0.25, 0.3) is 0 Å². The number of rotatable bonds is 7. The van der Waals surface area contributed by atoms with Gasteiger partial charge in [-0.15, -0.1) is 0 Å². The molecule has 4 N–H and O–H groups in total. The number of carbonyl (C=O) groups is 2. The number of nitrogens with two attached hydrogens (primary N) is 1. The summed E-state index contributed by atoms with van der Waals surface area (Å²) in [6.07, 6.45) is 5.58. The van der Waals surface area contributed by atoms with Gasteiger partial charge in [-0.1, -0.05) is 6.08 Å². The average molecular weight is 239 g/mol. The number of carboxylic acids is 1. The lowest BCUT2D eigenvalue weighted by molar-refractivity contribution is -0.138. The molecule has 0 spiro atoms. The lowest BCUT2D eigenvalue weighted by atomic mass is 10.1. The third-order valence-corrected chi connectivity index (χ3v) is 2.45. The molecule has 94 valence electrons. The van der Waals surface area contributed by atoms with Crippen molar-refractivity contribution in [1.29, 1.82) is 0 Å². The first-order chi connectivity index (χ1) is 8.09. The van der Waals surface area contributed by atoms with Crippen LogP contribution in [0.4, 0.5) is 0 Å². The Morgan fingerprint density at radius 3 is 2.94 bits per heavy atom. The van der Waals surface area contributed by atoms with Crippen molar-refractivity contribution in [3.63, 3.8) is 0 Å². The van der Waals surface area contributed by atoms with E-state index in [1.165, 1.54) is 0 Å². The summed E-state index contributed by atoms with van der Waals surface area (Å²) in [5, 5.41) is 11.2. The van der Waals surface area contributed by atoms with Gasteiger partial charge >= 0.3 is 5.97 Å². The van der Waals surface area contributed by atoms with Crippen LogP contribution in [0.15, 0.2) is 17.3 Å². The number of aliphatic carboxylic acids is 1. The number of nitrogens with zero attached hydrogens (tertiary/aromatic N) is 1. The summed E-state index contributed by atoms with van der Waals surface area (Å²) in [6.45, 7) is 0.529. The standard InChI is InChI=1S/C11H17N3O3/c12-9(11(16)17)3-4-10(15)14-7-5-8-2-1-6-13-8/h1,6,9H,2-5,7,12H2,(H,14,15)(H,16,17). The Labute approximate surface area is 99.6 Å². The predicted octanol–water partition coefficient (Wildman–Crippen LogP) is 0.0432. The lowest BCUT2D eigenvalue weighted by Crippen LogP contribution is -2.33. The van der Waals surface area contributed by atoms with Gasteiger partial charge in [0.2, 0.25) is 5.91 Å². The minimum absolute atomic E-state index is 0.137. The van der Waals surface area contributed by atoms with Gasteiger partial charge in [0.15, 0.2) is 0 Å². The number of aliphatic imine (C=N–C) groups is 1. The van der Waals surface area contributed by atoms with E-state index in [-0.39, 0.29) is 18.7 Å². The smallest absolute Gasteiger partial charge is 0.320 e. The van der Waals surface area contributed by atoms with E-state index in [2.05, 4.69) is 10.3 Å². The van der Waals surface area contributed by atoms with Crippen LogP contribution in [0, 0.1) is 0 Å². The number of nitrogens with one attached hydrogen (secondary N) is 1. The van der Waals surface area contributed by atoms with Gasteiger partial charge in [-0.25, -0.2) is 0 Å². The number of carbonyl (C=O) groups excluding carboxylic acids is 1. The van der Waals surface area contributed by atoms with Crippen LogP contribution in [-0.2, 0) is 9.59 Å². The molecule has 6 nitrogen and oxygen atoms in total. The molecule has 1 atom stereocenters. The zero-order valence-corrected chi connectivity index (χ0v) is 9.56. The third-order valence-electron chi connectivity index (χ3n) is 2.45. The summed E-state index contributed by atoms with van der Waals surface area (Å²) in [5.41, 5.74) is 6.33. The van der Waals surface area contributed by atoms with Crippen molar-refractivity contribution >= 4 is 17.6 Å². The largest absolute Gasteiger partial charge is 0.480 e. The van der Waals surface area contributed by atoms with Crippen molar-refractivity contribution in [2.24, 2.45) is 10.7 Å². The second-order valence-corrected chi connectivity index (χ2v) is 3.87. The summed E-state index contributed by atoms with van der Waals surface area (Å²) in [6, 6.07) is -0.968. The second kappa shape index (κ2) is 6.80. The van der Waals surface area contributed by atoms with E-state index in [0.29, 0.717) is 6.54 Å². The fourth-order valence-corrected chi connectivity index (χ4v) is 1.41. The summed E-state index contributed by atoms with van der Waals surface area (Å²) in [7, 11) is 0. The zero-order chi connectivity index (χ0) is 12.7. The molecule has 0 aliphatic carbocycles. The van der Waals surface area contributed by atoms with Crippen molar-refractivity contribution < 1.29 is 14.7 Å². The molecule has 1 unspecified atom stereocenters. The Kier molecular flexibility index (Phi) is 5.35. The molecule has 0 saturated carbocycles. The SMILES string of the molecule is NC(CCC(=O)NCCC1=NC=CC1)C(=O)O. The molecule has 1 heterocycles. The highest BCUT2D eigenvalue weighted by molar-refractivity contribution is 5.88. The lowest BCUT2D eigenvalue weighted by Gasteiger charge is -2.07. The topological polar surface area (TPSA) is 105 Å². The third kappa shape index (κ3) is 5.26. The van der Waals surface area contributed by atoms with Crippen LogP contribution >= 0.6 is 0 Å². The number of carboxylic acid groups (broad SMARTS) is 1. The molecule has 0 radical (unpaired) electrons. The molecule has 0 aromatic heterocycles. The van der Waals surface area contributed by atoms with Gasteiger partial charge in [-0.3, -0.25) is 14.6 Å². The van der Waals surface area contributed by atoms with Crippen molar-refractivity contribution in [2.45, 2.75) is 31.7 Å². The van der Waals surface area contributed by atoms with Crippen molar-refractivity contribution in [3.05, 3.63) is 12.3 Å². The van der Waals surface area contributed by atoms with Crippen LogP contribution < -0.4 is 11.1 Å². The molecule has 0 bridgehead atoms. The fraction of sp³-hybridized carbons (Fsp3) is 0.545. The van der Waals surface area contributed by atoms with Gasteiger partial charge in [-0.2, -0.15) is 0 Å². The molecule has 1 aliphatic heterocycles. The Morgan fingerprint density at radius 2 is 2.35 bits per heavy atom. The monoisotopic (exact) mass is 239 g/mol. The second-order valence-electron chi connectivity index (χ2n) is 3.87. The quantitative estimate of drug-likeness (QED) is 0.583. The average Bonchev–Trinajstić information content (AvgIpc) is 2.78. The van der Waals surface area contributed by atoms with Crippen molar-refractivity contribution in [1.82, 2.24) is 5.32 Å². The fourth-order valence-electron chi connectivity index (χ4n) is 1.41. The zero-order valence-electron chi connectivity index (χ0n) is 9.56. The van der Waals surface area contributed by atoms with Crippen molar-refractivity contribution in [3.8, 4) is 0 Å².